The van der Waals surface area contributed by atoms with Gasteiger partial charge in [0.1, 0.15) is 5.75 Å². The van der Waals surface area contributed by atoms with E-state index < -0.39 is 0 Å². The fraction of sp³-hybridized carbons (Fsp3) is 0.625. The Labute approximate surface area is 112 Å². The van der Waals surface area contributed by atoms with Crippen LogP contribution < -0.4 is 10.1 Å². The maximum Gasteiger partial charge on any atom is 0.122 e. The lowest BCUT2D eigenvalue weighted by atomic mass is 10.1. The first kappa shape index (κ1) is 15.0. The van der Waals surface area contributed by atoms with Crippen molar-refractivity contribution in [1.29, 1.82) is 0 Å². The second-order valence-electron chi connectivity index (χ2n) is 5.67. The summed E-state index contributed by atoms with van der Waals surface area (Å²) in [5.74, 6) is 1.05. The molecule has 0 aliphatic rings. The number of nitrogens with one attached hydrogen (secondary N) is 1. The Morgan fingerprint density at radius 2 is 1.83 bits per heavy atom. The highest BCUT2D eigenvalue weighted by molar-refractivity contribution is 5.33. The highest BCUT2D eigenvalue weighted by Crippen LogP contribution is 2.19. The van der Waals surface area contributed by atoms with Crippen LogP contribution in [0.3, 0.4) is 0 Å². The molecule has 0 heterocycles. The van der Waals surface area contributed by atoms with Gasteiger partial charge in [0.2, 0.25) is 0 Å². The molecule has 0 fully saturated rings. The molecule has 1 aromatic carbocycles. The van der Waals surface area contributed by atoms with Gasteiger partial charge < -0.3 is 10.1 Å². The summed E-state index contributed by atoms with van der Waals surface area (Å²) in [7, 11) is 0. The van der Waals surface area contributed by atoms with Crippen molar-refractivity contribution in [3.8, 4) is 5.75 Å². The Balaban J connectivity index is 2.31. The lowest BCUT2D eigenvalue weighted by Gasteiger charge is -2.20. The molecule has 0 amide bonds. The van der Waals surface area contributed by atoms with Gasteiger partial charge in [-0.05, 0) is 65.1 Å². The SMILES string of the molecule is CCOc1ccccc1CCCCNC(C)(C)C. The van der Waals surface area contributed by atoms with Crippen molar-refractivity contribution in [2.24, 2.45) is 0 Å². The van der Waals surface area contributed by atoms with Crippen LogP contribution >= 0.6 is 0 Å². The minimum atomic E-state index is 0.225. The van der Waals surface area contributed by atoms with Gasteiger partial charge in [-0.25, -0.2) is 0 Å². The smallest absolute Gasteiger partial charge is 0.122 e. The molecule has 0 radical (unpaired) electrons. The van der Waals surface area contributed by atoms with E-state index in [9.17, 15) is 0 Å². The first-order valence-electron chi connectivity index (χ1n) is 6.98. The lowest BCUT2D eigenvalue weighted by molar-refractivity contribution is 0.336. The number of hydrogen-bond acceptors (Lipinski definition) is 2. The van der Waals surface area contributed by atoms with Crippen LogP contribution in [0.1, 0.15) is 46.1 Å². The van der Waals surface area contributed by atoms with Crippen LogP contribution in [0, 0.1) is 0 Å². The number of para-hydroxylation sites is 1. The van der Waals surface area contributed by atoms with Gasteiger partial charge in [-0.2, -0.15) is 0 Å². The normalized spacial score (nSPS) is 11.6. The Kier molecular flexibility index (Phi) is 6.20. The van der Waals surface area contributed by atoms with Crippen LogP contribution in [-0.4, -0.2) is 18.7 Å². The molecule has 2 heteroatoms. The molecular formula is C16H27NO. The third-order valence-corrected chi connectivity index (χ3v) is 2.80. The number of ether oxygens (including phenoxy) is 1. The van der Waals surface area contributed by atoms with E-state index in [0.717, 1.165) is 25.3 Å². The van der Waals surface area contributed by atoms with Gasteiger partial charge in [0.15, 0.2) is 0 Å². The zero-order valence-electron chi connectivity index (χ0n) is 12.3. The van der Waals surface area contributed by atoms with Crippen molar-refractivity contribution in [1.82, 2.24) is 5.32 Å². The summed E-state index contributed by atoms with van der Waals surface area (Å²) >= 11 is 0. The molecule has 0 bridgehead atoms. The molecule has 1 rings (SSSR count). The summed E-state index contributed by atoms with van der Waals surface area (Å²) in [6.07, 6.45) is 3.51. The van der Waals surface area contributed by atoms with Gasteiger partial charge in [-0.15, -0.1) is 0 Å². The second kappa shape index (κ2) is 7.42. The first-order chi connectivity index (χ1) is 8.53. The third-order valence-electron chi connectivity index (χ3n) is 2.80. The summed E-state index contributed by atoms with van der Waals surface area (Å²) in [4.78, 5) is 0. The number of rotatable bonds is 7. The second-order valence-corrected chi connectivity index (χ2v) is 5.67. The molecular weight excluding hydrogens is 222 g/mol. The molecule has 0 aliphatic carbocycles. The van der Waals surface area contributed by atoms with Gasteiger partial charge in [0, 0.05) is 5.54 Å². The van der Waals surface area contributed by atoms with E-state index in [2.05, 4.69) is 44.3 Å². The highest BCUT2D eigenvalue weighted by atomic mass is 16.5. The molecule has 0 saturated heterocycles. The molecule has 0 atom stereocenters. The van der Waals surface area contributed by atoms with E-state index in [-0.39, 0.29) is 5.54 Å². The standard InChI is InChI=1S/C16H27NO/c1-5-18-15-12-7-6-10-14(15)11-8-9-13-17-16(2,3)4/h6-7,10,12,17H,5,8-9,11,13H2,1-4H3. The van der Waals surface area contributed by atoms with Crippen LogP contribution in [-0.2, 0) is 6.42 Å². The van der Waals surface area contributed by atoms with E-state index in [1.54, 1.807) is 0 Å². The van der Waals surface area contributed by atoms with Crippen molar-refractivity contribution < 1.29 is 4.74 Å². The number of benzene rings is 1. The Morgan fingerprint density at radius 3 is 2.50 bits per heavy atom. The Hall–Kier alpha value is -1.02. The average molecular weight is 249 g/mol. The predicted octanol–water partition coefficient (Wildman–Crippen LogP) is 3.80. The Morgan fingerprint density at radius 1 is 1.11 bits per heavy atom. The van der Waals surface area contributed by atoms with Gasteiger partial charge in [-0.3, -0.25) is 0 Å². The van der Waals surface area contributed by atoms with Gasteiger partial charge in [0.25, 0.3) is 0 Å². The maximum absolute atomic E-state index is 5.63. The molecule has 1 N–H and O–H groups in total. The average Bonchev–Trinajstić information content (AvgIpc) is 2.29. The fourth-order valence-electron chi connectivity index (χ4n) is 1.91. The van der Waals surface area contributed by atoms with Crippen LogP contribution in [0.25, 0.3) is 0 Å². The molecule has 102 valence electrons. The van der Waals surface area contributed by atoms with Crippen LogP contribution in [0.5, 0.6) is 5.75 Å². The molecule has 0 saturated carbocycles. The van der Waals surface area contributed by atoms with Crippen molar-refractivity contribution >= 4 is 0 Å². The number of unbranched alkanes of at least 4 members (excludes halogenated alkanes) is 1. The molecule has 2 nitrogen and oxygen atoms in total. The largest absolute Gasteiger partial charge is 0.494 e. The van der Waals surface area contributed by atoms with E-state index >= 15 is 0 Å². The summed E-state index contributed by atoms with van der Waals surface area (Å²) in [6.45, 7) is 10.5. The summed E-state index contributed by atoms with van der Waals surface area (Å²) in [6, 6.07) is 8.36. The highest BCUT2D eigenvalue weighted by Gasteiger charge is 2.07. The van der Waals surface area contributed by atoms with Crippen molar-refractivity contribution in [2.75, 3.05) is 13.2 Å². The topological polar surface area (TPSA) is 21.3 Å². The molecule has 0 spiro atoms. The lowest BCUT2D eigenvalue weighted by Crippen LogP contribution is -2.36. The summed E-state index contributed by atoms with van der Waals surface area (Å²) in [5, 5.41) is 3.52. The first-order valence-corrected chi connectivity index (χ1v) is 6.98. The van der Waals surface area contributed by atoms with Crippen molar-refractivity contribution in [2.45, 2.75) is 52.5 Å². The van der Waals surface area contributed by atoms with E-state index in [0.29, 0.717) is 0 Å². The van der Waals surface area contributed by atoms with Gasteiger partial charge >= 0.3 is 0 Å². The fourth-order valence-corrected chi connectivity index (χ4v) is 1.91. The van der Waals surface area contributed by atoms with Crippen LogP contribution in [0.4, 0.5) is 0 Å². The van der Waals surface area contributed by atoms with E-state index in [1.165, 1.54) is 18.4 Å². The number of aryl methyl sites for hydroxylation is 1. The maximum atomic E-state index is 5.63. The molecule has 0 unspecified atom stereocenters. The van der Waals surface area contributed by atoms with Crippen molar-refractivity contribution in [3.05, 3.63) is 29.8 Å². The van der Waals surface area contributed by atoms with Gasteiger partial charge in [0.05, 0.1) is 6.61 Å². The van der Waals surface area contributed by atoms with Gasteiger partial charge in [-0.1, -0.05) is 18.2 Å². The van der Waals surface area contributed by atoms with Crippen LogP contribution in [0.2, 0.25) is 0 Å². The molecule has 0 aliphatic heterocycles. The molecule has 18 heavy (non-hydrogen) atoms. The predicted molar refractivity (Wildman–Crippen MR) is 78.3 cm³/mol. The van der Waals surface area contributed by atoms with Crippen LogP contribution in [0.15, 0.2) is 24.3 Å². The zero-order valence-corrected chi connectivity index (χ0v) is 12.3. The quantitative estimate of drug-likeness (QED) is 0.742. The molecule has 1 aromatic rings. The van der Waals surface area contributed by atoms with E-state index in [4.69, 9.17) is 4.74 Å². The number of hydrogen-bond donors (Lipinski definition) is 1. The minimum Gasteiger partial charge on any atom is -0.494 e. The third kappa shape index (κ3) is 6.06. The van der Waals surface area contributed by atoms with Crippen molar-refractivity contribution in [3.63, 3.8) is 0 Å². The monoisotopic (exact) mass is 249 g/mol. The molecule has 0 aromatic heterocycles. The summed E-state index contributed by atoms with van der Waals surface area (Å²) < 4.78 is 5.63. The zero-order chi connectivity index (χ0) is 13.4. The van der Waals surface area contributed by atoms with E-state index in [1.807, 2.05) is 13.0 Å². The summed E-state index contributed by atoms with van der Waals surface area (Å²) in [5.41, 5.74) is 1.55. The Bertz CT molecular complexity index is 341. The minimum absolute atomic E-state index is 0.225.